The fourth-order valence-electron chi connectivity index (χ4n) is 5.03. The van der Waals surface area contributed by atoms with Gasteiger partial charge in [-0.3, -0.25) is 9.59 Å². The molecule has 0 aromatic carbocycles. The van der Waals surface area contributed by atoms with Crippen molar-refractivity contribution >= 4 is 11.8 Å². The van der Waals surface area contributed by atoms with Crippen LogP contribution in [0.5, 0.6) is 0 Å². The van der Waals surface area contributed by atoms with E-state index in [4.69, 9.17) is 14.2 Å². The normalized spacial score (nSPS) is 49.8. The second kappa shape index (κ2) is 5.20. The molecule has 0 saturated carbocycles. The van der Waals surface area contributed by atoms with Crippen LogP contribution in [0.25, 0.3) is 0 Å². The Morgan fingerprint density at radius 3 is 2.69 bits per heavy atom. The molecule has 4 heterocycles. The number of allylic oxidation sites excluding steroid dienone is 1. The third kappa shape index (κ3) is 1.94. The van der Waals surface area contributed by atoms with Crippen molar-refractivity contribution < 1.29 is 28.9 Å². The SMILES string of the molecule is CC[C@H](C)[C@@]1(O)O[C@H]2C[C@@]3(C)OC(=CC3=O)/C(C)=C\[C@@H]3OC(=O)[C@@]1(C)[C@@H]32. The first-order chi connectivity index (χ1) is 12.1. The second-order valence-electron chi connectivity index (χ2n) is 8.52. The molecule has 6 heteroatoms. The molecule has 0 radical (unpaired) electrons. The summed E-state index contributed by atoms with van der Waals surface area (Å²) in [6.45, 7) is 9.13. The quantitative estimate of drug-likeness (QED) is 0.759. The van der Waals surface area contributed by atoms with Crippen molar-refractivity contribution in [3.8, 4) is 0 Å². The van der Waals surface area contributed by atoms with Crippen molar-refractivity contribution in [2.24, 2.45) is 17.3 Å². The van der Waals surface area contributed by atoms with E-state index in [1.807, 2.05) is 26.8 Å². The van der Waals surface area contributed by atoms with Gasteiger partial charge in [0.05, 0.1) is 6.10 Å². The van der Waals surface area contributed by atoms with Crippen LogP contribution in [0, 0.1) is 17.3 Å². The number of hydrogen-bond donors (Lipinski definition) is 1. The van der Waals surface area contributed by atoms with Gasteiger partial charge in [0.2, 0.25) is 5.78 Å². The van der Waals surface area contributed by atoms with Gasteiger partial charge in [0.1, 0.15) is 17.3 Å². The summed E-state index contributed by atoms with van der Waals surface area (Å²) in [5.41, 5.74) is -1.49. The number of aliphatic hydroxyl groups is 1. The molecule has 4 aliphatic heterocycles. The highest BCUT2D eigenvalue weighted by atomic mass is 16.7. The molecule has 7 atom stereocenters. The molecule has 2 bridgehead atoms. The van der Waals surface area contributed by atoms with Crippen LogP contribution in [-0.4, -0.2) is 40.5 Å². The summed E-state index contributed by atoms with van der Waals surface area (Å²) in [7, 11) is 0. The highest BCUT2D eigenvalue weighted by Crippen LogP contribution is 2.61. The van der Waals surface area contributed by atoms with E-state index in [0.717, 1.165) is 5.57 Å². The van der Waals surface area contributed by atoms with E-state index >= 15 is 0 Å². The molecule has 0 unspecified atom stereocenters. The standard InChI is InChI=1S/C20H26O6/c1-6-11(3)20(23)19(5)16-13(24-17(19)22)7-10(2)12-8-15(21)18(4,25-12)9-14(16)26-20/h7-8,11,13-14,16,23H,6,9H2,1-5H3/b10-7-/t11-,13-,14-,16-,18+,19+,20+/m0/s1. The van der Waals surface area contributed by atoms with E-state index in [2.05, 4.69) is 0 Å². The van der Waals surface area contributed by atoms with Gasteiger partial charge in [0, 0.05) is 24.3 Å². The first-order valence-corrected chi connectivity index (χ1v) is 9.32. The summed E-state index contributed by atoms with van der Waals surface area (Å²) in [6, 6.07) is 0. The minimum atomic E-state index is -1.64. The summed E-state index contributed by atoms with van der Waals surface area (Å²) >= 11 is 0. The second-order valence-corrected chi connectivity index (χ2v) is 8.52. The molecule has 0 aliphatic carbocycles. The molecule has 4 rings (SSSR count). The average molecular weight is 362 g/mol. The van der Waals surface area contributed by atoms with Gasteiger partial charge in [0.25, 0.3) is 0 Å². The van der Waals surface area contributed by atoms with Gasteiger partial charge in [-0.1, -0.05) is 13.8 Å². The Hall–Kier alpha value is -1.66. The fourth-order valence-corrected chi connectivity index (χ4v) is 5.03. The van der Waals surface area contributed by atoms with E-state index in [0.29, 0.717) is 12.2 Å². The van der Waals surface area contributed by atoms with Crippen LogP contribution in [0.1, 0.15) is 47.5 Å². The lowest BCUT2D eigenvalue weighted by Crippen LogP contribution is -2.53. The maximum absolute atomic E-state index is 12.9. The molecule has 0 spiro atoms. The first kappa shape index (κ1) is 17.7. The predicted octanol–water partition coefficient (Wildman–Crippen LogP) is 2.26. The van der Waals surface area contributed by atoms with E-state index < -0.39 is 35.0 Å². The Bertz CT molecular complexity index is 753. The van der Waals surface area contributed by atoms with Gasteiger partial charge in [0.15, 0.2) is 11.4 Å². The Morgan fingerprint density at radius 1 is 1.35 bits per heavy atom. The minimum Gasteiger partial charge on any atom is -0.479 e. The third-order valence-electron chi connectivity index (χ3n) is 6.96. The number of fused-ring (bicyclic) bond motifs is 2. The molecule has 0 aromatic heterocycles. The fraction of sp³-hybridized carbons (Fsp3) is 0.700. The summed E-state index contributed by atoms with van der Waals surface area (Å²) in [5.74, 6) is -2.33. The molecule has 26 heavy (non-hydrogen) atoms. The van der Waals surface area contributed by atoms with Gasteiger partial charge in [-0.15, -0.1) is 0 Å². The van der Waals surface area contributed by atoms with Gasteiger partial charge >= 0.3 is 5.97 Å². The van der Waals surface area contributed by atoms with E-state index in [9.17, 15) is 14.7 Å². The maximum Gasteiger partial charge on any atom is 0.318 e. The van der Waals surface area contributed by atoms with E-state index in [1.54, 1.807) is 13.8 Å². The average Bonchev–Trinajstić information content (AvgIpc) is 3.09. The van der Waals surface area contributed by atoms with E-state index in [-0.39, 0.29) is 24.0 Å². The summed E-state index contributed by atoms with van der Waals surface area (Å²) in [4.78, 5) is 25.5. The molecule has 142 valence electrons. The molecule has 4 aliphatic rings. The maximum atomic E-state index is 12.9. The number of ether oxygens (including phenoxy) is 3. The third-order valence-corrected chi connectivity index (χ3v) is 6.96. The summed E-state index contributed by atoms with van der Waals surface area (Å²) in [6.07, 6.45) is 3.19. The zero-order valence-corrected chi connectivity index (χ0v) is 15.9. The molecule has 1 N–H and O–H groups in total. The number of carbonyl (C=O) groups is 2. The van der Waals surface area contributed by atoms with E-state index in [1.165, 1.54) is 6.08 Å². The van der Waals surface area contributed by atoms with Crippen molar-refractivity contribution in [1.29, 1.82) is 0 Å². The Labute approximate surface area is 153 Å². The van der Waals surface area contributed by atoms with Crippen LogP contribution in [0.15, 0.2) is 23.5 Å². The number of esters is 1. The van der Waals surface area contributed by atoms with Crippen LogP contribution >= 0.6 is 0 Å². The van der Waals surface area contributed by atoms with Crippen LogP contribution in [0.4, 0.5) is 0 Å². The molecule has 6 nitrogen and oxygen atoms in total. The lowest BCUT2D eigenvalue weighted by Gasteiger charge is -2.38. The molecular weight excluding hydrogens is 336 g/mol. The highest BCUT2D eigenvalue weighted by Gasteiger charge is 2.75. The number of carbonyl (C=O) groups excluding carboxylic acids is 2. The Morgan fingerprint density at radius 2 is 2.04 bits per heavy atom. The number of ketones is 1. The van der Waals surface area contributed by atoms with Crippen LogP contribution in [0.2, 0.25) is 0 Å². The minimum absolute atomic E-state index is 0.117. The van der Waals surface area contributed by atoms with Gasteiger partial charge < -0.3 is 19.3 Å². The smallest absolute Gasteiger partial charge is 0.318 e. The largest absolute Gasteiger partial charge is 0.479 e. The van der Waals surface area contributed by atoms with Gasteiger partial charge in [-0.05, 0) is 38.8 Å². The molecule has 2 fully saturated rings. The first-order valence-electron chi connectivity index (χ1n) is 9.32. The Balaban J connectivity index is 1.87. The predicted molar refractivity (Wildman–Crippen MR) is 91.7 cm³/mol. The topological polar surface area (TPSA) is 82.1 Å². The van der Waals surface area contributed by atoms with Gasteiger partial charge in [-0.25, -0.2) is 0 Å². The molecular formula is C20H26O6. The molecule has 0 amide bonds. The van der Waals surface area contributed by atoms with Crippen LogP contribution < -0.4 is 0 Å². The van der Waals surface area contributed by atoms with Crippen molar-refractivity contribution in [2.75, 3.05) is 0 Å². The van der Waals surface area contributed by atoms with Crippen LogP contribution in [-0.2, 0) is 23.8 Å². The number of hydrogen-bond acceptors (Lipinski definition) is 6. The van der Waals surface area contributed by atoms with Crippen molar-refractivity contribution in [2.45, 2.75) is 71.1 Å². The van der Waals surface area contributed by atoms with Crippen molar-refractivity contribution in [3.63, 3.8) is 0 Å². The molecule has 0 aromatic rings. The zero-order valence-electron chi connectivity index (χ0n) is 15.9. The zero-order chi connectivity index (χ0) is 19.1. The lowest BCUT2D eigenvalue weighted by atomic mass is 9.66. The monoisotopic (exact) mass is 362 g/mol. The summed E-state index contributed by atoms with van der Waals surface area (Å²) in [5, 5.41) is 11.5. The van der Waals surface area contributed by atoms with Crippen molar-refractivity contribution in [1.82, 2.24) is 0 Å². The highest BCUT2D eigenvalue weighted by molar-refractivity contribution is 6.00. The Kier molecular flexibility index (Phi) is 3.55. The molecule has 2 saturated heterocycles. The van der Waals surface area contributed by atoms with Crippen LogP contribution in [0.3, 0.4) is 0 Å². The van der Waals surface area contributed by atoms with Gasteiger partial charge in [-0.2, -0.15) is 0 Å². The number of rotatable bonds is 2. The lowest BCUT2D eigenvalue weighted by molar-refractivity contribution is -0.267. The van der Waals surface area contributed by atoms with Crippen molar-refractivity contribution in [3.05, 3.63) is 23.5 Å². The summed E-state index contributed by atoms with van der Waals surface area (Å²) < 4.78 is 17.8.